The predicted molar refractivity (Wildman–Crippen MR) is 168 cm³/mol. The number of fused-ring (bicyclic) bond motifs is 1. The molecule has 14 heteroatoms. The molecule has 44 heavy (non-hydrogen) atoms. The van der Waals surface area contributed by atoms with E-state index in [0.717, 1.165) is 12.7 Å². The van der Waals surface area contributed by atoms with Crippen LogP contribution in [-0.4, -0.2) is 102 Å². The second-order valence-corrected chi connectivity index (χ2v) is 15.1. The Balaban J connectivity index is 1.97. The number of nitrogens with zero attached hydrogens (tertiary/aromatic N) is 2. The zero-order valence-electron chi connectivity index (χ0n) is 26.2. The van der Waals surface area contributed by atoms with Gasteiger partial charge in [-0.1, -0.05) is 6.92 Å². The average molecular weight is 656 g/mol. The van der Waals surface area contributed by atoms with E-state index in [4.69, 9.17) is 14.2 Å². The molecule has 0 unspecified atom stereocenters. The number of carbonyl (C=O) groups is 1. The van der Waals surface area contributed by atoms with Crippen LogP contribution in [0.3, 0.4) is 0 Å². The summed E-state index contributed by atoms with van der Waals surface area (Å²) in [5.74, 6) is 0.0233. The van der Waals surface area contributed by atoms with E-state index in [0.29, 0.717) is 30.9 Å². The highest BCUT2D eigenvalue weighted by Gasteiger charge is 2.32. The molecule has 3 rings (SSSR count). The summed E-state index contributed by atoms with van der Waals surface area (Å²) >= 11 is 0. The number of anilines is 1. The summed E-state index contributed by atoms with van der Waals surface area (Å²) in [6, 6.07) is 10.1. The summed E-state index contributed by atoms with van der Waals surface area (Å²) < 4.78 is 71.9. The van der Waals surface area contributed by atoms with Crippen molar-refractivity contribution in [3.05, 3.63) is 48.0 Å². The molecule has 0 fully saturated rings. The van der Waals surface area contributed by atoms with Crippen LogP contribution in [0.4, 0.5) is 5.69 Å². The van der Waals surface area contributed by atoms with Gasteiger partial charge in [-0.25, -0.2) is 16.8 Å². The van der Waals surface area contributed by atoms with Gasteiger partial charge in [0.15, 0.2) is 0 Å². The van der Waals surface area contributed by atoms with Gasteiger partial charge in [-0.3, -0.25) is 9.52 Å². The van der Waals surface area contributed by atoms with Crippen LogP contribution in [0.2, 0.25) is 0 Å². The highest BCUT2D eigenvalue weighted by molar-refractivity contribution is 7.92. The molecular weight excluding hydrogens is 610 g/mol. The van der Waals surface area contributed by atoms with Crippen LogP contribution in [0.15, 0.2) is 47.4 Å². The number of amides is 1. The number of likely N-dealkylation sites (N-methyl/N-ethyl adjacent to an activating group) is 1. The first-order valence-electron chi connectivity index (χ1n) is 14.6. The number of ether oxygens (including phenoxy) is 3. The molecule has 1 aliphatic rings. The maximum absolute atomic E-state index is 14.1. The molecule has 0 aromatic heterocycles. The molecule has 0 saturated heterocycles. The van der Waals surface area contributed by atoms with Crippen molar-refractivity contribution < 1.29 is 40.9 Å². The Bertz CT molecular complexity index is 1470. The second kappa shape index (κ2) is 15.4. The highest BCUT2D eigenvalue weighted by Crippen LogP contribution is 2.29. The first-order valence-corrected chi connectivity index (χ1v) is 17.9. The minimum absolute atomic E-state index is 0.0313. The molecule has 4 atom stereocenters. The number of benzene rings is 2. The van der Waals surface area contributed by atoms with E-state index in [1.807, 2.05) is 13.8 Å². The van der Waals surface area contributed by atoms with Crippen molar-refractivity contribution in [3.8, 4) is 11.5 Å². The molecule has 0 aliphatic carbocycles. The zero-order chi connectivity index (χ0) is 32.7. The number of hydrogen-bond donors (Lipinski definition) is 2. The number of hydrogen-bond acceptors (Lipinski definition) is 9. The molecule has 1 aliphatic heterocycles. The van der Waals surface area contributed by atoms with Crippen molar-refractivity contribution in [3.63, 3.8) is 0 Å². The SMILES string of the molecule is COc1ccc(S(=O)(=O)N(C)C[C@H]2OCCCC[C@@H](C)Oc3ccc(NS(C)(=O)=O)cc3C(=O)N([C@H](C)CO)C[C@@H]2C)cc1. The fraction of sp³-hybridized carbons (Fsp3) is 0.567. The van der Waals surface area contributed by atoms with Crippen molar-refractivity contribution in [2.45, 2.75) is 63.2 Å². The Morgan fingerprint density at radius 1 is 1.11 bits per heavy atom. The molecule has 12 nitrogen and oxygen atoms in total. The summed E-state index contributed by atoms with van der Waals surface area (Å²) in [6.07, 6.45) is 2.34. The fourth-order valence-corrected chi connectivity index (χ4v) is 6.68. The van der Waals surface area contributed by atoms with Gasteiger partial charge in [0.25, 0.3) is 5.91 Å². The Labute approximate surface area is 261 Å². The van der Waals surface area contributed by atoms with E-state index in [1.165, 1.54) is 47.6 Å². The van der Waals surface area contributed by atoms with E-state index < -0.39 is 38.1 Å². The molecule has 0 radical (unpaired) electrons. The van der Waals surface area contributed by atoms with E-state index in [2.05, 4.69) is 4.72 Å². The topological polar surface area (TPSA) is 152 Å². The van der Waals surface area contributed by atoms with Crippen LogP contribution in [0.5, 0.6) is 11.5 Å². The third-order valence-electron chi connectivity index (χ3n) is 7.56. The molecule has 246 valence electrons. The van der Waals surface area contributed by atoms with Crippen LogP contribution < -0.4 is 14.2 Å². The molecule has 0 saturated carbocycles. The number of sulfonamides is 2. The summed E-state index contributed by atoms with van der Waals surface area (Å²) in [5.41, 5.74) is 0.347. The molecule has 1 amide bonds. The second-order valence-electron chi connectivity index (χ2n) is 11.3. The maximum atomic E-state index is 14.1. The van der Waals surface area contributed by atoms with Crippen molar-refractivity contribution in [1.29, 1.82) is 0 Å². The Morgan fingerprint density at radius 3 is 2.41 bits per heavy atom. The van der Waals surface area contributed by atoms with Gasteiger partial charge in [-0.2, -0.15) is 4.31 Å². The average Bonchev–Trinajstić information content (AvgIpc) is 2.97. The Morgan fingerprint density at radius 2 is 1.80 bits per heavy atom. The lowest BCUT2D eigenvalue weighted by Crippen LogP contribution is -2.48. The molecular formula is C30H45N3O9S2. The van der Waals surface area contributed by atoms with Crippen LogP contribution >= 0.6 is 0 Å². The van der Waals surface area contributed by atoms with Crippen molar-refractivity contribution in [2.75, 3.05) is 51.4 Å². The van der Waals surface area contributed by atoms with E-state index in [-0.39, 0.29) is 47.9 Å². The number of aliphatic hydroxyl groups excluding tert-OH is 1. The third-order valence-corrected chi connectivity index (χ3v) is 10.0. The molecule has 2 aromatic rings. The van der Waals surface area contributed by atoms with Crippen LogP contribution in [0, 0.1) is 5.92 Å². The predicted octanol–water partition coefficient (Wildman–Crippen LogP) is 3.18. The molecule has 2 aromatic carbocycles. The first-order chi connectivity index (χ1) is 20.7. The normalized spacial score (nSPS) is 21.6. The molecule has 0 bridgehead atoms. The van der Waals surface area contributed by atoms with Gasteiger partial charge in [0.2, 0.25) is 20.0 Å². The van der Waals surface area contributed by atoms with Crippen LogP contribution in [0.25, 0.3) is 0 Å². The summed E-state index contributed by atoms with van der Waals surface area (Å²) in [7, 11) is -4.47. The Hall–Kier alpha value is -2.91. The van der Waals surface area contributed by atoms with Crippen LogP contribution in [0.1, 0.15) is 50.4 Å². The lowest BCUT2D eigenvalue weighted by Gasteiger charge is -2.35. The van der Waals surface area contributed by atoms with Crippen LogP contribution in [-0.2, 0) is 24.8 Å². The standard InChI is InChI=1S/C30H45N3O9S2/c1-21-18-33(22(2)20-34)30(35)27-17-24(31-43(6,36)37)10-15-28(27)42-23(3)9-7-8-16-41-29(21)19-32(4)44(38,39)26-13-11-25(40-5)12-14-26/h10-15,17,21-23,29,31,34H,7-9,16,18-20H2,1-6H3/t21-,22+,23+,29+/m0/s1. The van der Waals surface area contributed by atoms with E-state index in [1.54, 1.807) is 25.1 Å². The van der Waals surface area contributed by atoms with Gasteiger partial charge >= 0.3 is 0 Å². The molecule has 1 heterocycles. The Kier molecular flexibility index (Phi) is 12.4. The van der Waals surface area contributed by atoms with Gasteiger partial charge in [0.1, 0.15) is 11.5 Å². The number of carbonyl (C=O) groups excluding carboxylic acids is 1. The molecule has 2 N–H and O–H groups in total. The maximum Gasteiger partial charge on any atom is 0.258 e. The van der Waals surface area contributed by atoms with Crippen molar-refractivity contribution in [1.82, 2.24) is 9.21 Å². The monoisotopic (exact) mass is 655 g/mol. The lowest BCUT2D eigenvalue weighted by molar-refractivity contribution is -0.00833. The number of nitrogens with one attached hydrogen (secondary N) is 1. The number of aliphatic hydroxyl groups is 1. The summed E-state index contributed by atoms with van der Waals surface area (Å²) in [5, 5.41) is 10.1. The lowest BCUT2D eigenvalue weighted by atomic mass is 10.0. The number of methoxy groups -OCH3 is 1. The third kappa shape index (κ3) is 9.54. The van der Waals surface area contributed by atoms with Crippen molar-refractivity contribution >= 4 is 31.6 Å². The fourth-order valence-electron chi connectivity index (χ4n) is 4.94. The summed E-state index contributed by atoms with van der Waals surface area (Å²) in [4.78, 5) is 15.7. The van der Waals surface area contributed by atoms with Gasteiger partial charge in [-0.05, 0) is 75.6 Å². The largest absolute Gasteiger partial charge is 0.497 e. The van der Waals surface area contributed by atoms with Gasteiger partial charge in [0, 0.05) is 38.3 Å². The smallest absolute Gasteiger partial charge is 0.258 e. The van der Waals surface area contributed by atoms with Gasteiger partial charge < -0.3 is 24.2 Å². The number of rotatable bonds is 9. The van der Waals surface area contributed by atoms with Crippen molar-refractivity contribution in [2.24, 2.45) is 5.92 Å². The minimum atomic E-state index is -3.86. The van der Waals surface area contributed by atoms with E-state index in [9.17, 15) is 26.7 Å². The quantitative estimate of drug-likeness (QED) is 0.415. The first kappa shape index (κ1) is 35.6. The summed E-state index contributed by atoms with van der Waals surface area (Å²) in [6.45, 7) is 5.68. The van der Waals surface area contributed by atoms with E-state index >= 15 is 0 Å². The zero-order valence-corrected chi connectivity index (χ0v) is 27.9. The van der Waals surface area contributed by atoms with Gasteiger partial charge in [0.05, 0.1) is 48.7 Å². The minimum Gasteiger partial charge on any atom is -0.497 e. The highest BCUT2D eigenvalue weighted by atomic mass is 32.2. The van der Waals surface area contributed by atoms with Gasteiger partial charge in [-0.15, -0.1) is 0 Å². The molecule has 0 spiro atoms.